The second-order valence-corrected chi connectivity index (χ2v) is 7.34. The van der Waals surface area contributed by atoms with Gasteiger partial charge in [-0.1, -0.05) is 0 Å². The Bertz CT molecular complexity index is 977. The van der Waals surface area contributed by atoms with Gasteiger partial charge in [-0.2, -0.15) is 0 Å². The van der Waals surface area contributed by atoms with Crippen LogP contribution in [0.15, 0.2) is 18.2 Å². The van der Waals surface area contributed by atoms with Gasteiger partial charge in [-0.15, -0.1) is 0 Å². The molecule has 2 heterocycles. The van der Waals surface area contributed by atoms with E-state index in [1.54, 1.807) is 39.5 Å². The minimum atomic E-state index is -0.495. The molecule has 154 valence electrons. The number of anilines is 2. The first-order valence-corrected chi connectivity index (χ1v) is 9.82. The zero-order chi connectivity index (χ0) is 21.3. The number of esters is 1. The first-order chi connectivity index (χ1) is 13.7. The van der Waals surface area contributed by atoms with Crippen LogP contribution in [0, 0.1) is 13.8 Å². The summed E-state index contributed by atoms with van der Waals surface area (Å²) in [5, 5.41) is 3.24. The van der Waals surface area contributed by atoms with Crippen LogP contribution in [0.25, 0.3) is 0 Å². The number of ether oxygens (including phenoxy) is 1. The molecule has 0 fully saturated rings. The lowest BCUT2D eigenvalue weighted by molar-refractivity contribution is -0.116. The van der Waals surface area contributed by atoms with Gasteiger partial charge in [-0.25, -0.2) is 4.79 Å². The molecule has 3 rings (SSSR count). The molecule has 29 heavy (non-hydrogen) atoms. The number of aromatic amines is 1. The van der Waals surface area contributed by atoms with Crippen LogP contribution in [0.1, 0.15) is 58.4 Å². The number of benzene rings is 1. The van der Waals surface area contributed by atoms with Crippen LogP contribution in [0.4, 0.5) is 11.4 Å². The number of fused-ring (bicyclic) bond motifs is 1. The van der Waals surface area contributed by atoms with E-state index in [1.807, 2.05) is 18.2 Å². The van der Waals surface area contributed by atoms with Crippen molar-refractivity contribution in [3.05, 3.63) is 46.3 Å². The highest BCUT2D eigenvalue weighted by molar-refractivity contribution is 6.05. The maximum atomic E-state index is 13.0. The summed E-state index contributed by atoms with van der Waals surface area (Å²) in [5.41, 5.74) is 4.89. The van der Waals surface area contributed by atoms with Gasteiger partial charge in [0.15, 0.2) is 0 Å². The number of hydrogen-bond donors (Lipinski definition) is 2. The Morgan fingerprint density at radius 1 is 1.28 bits per heavy atom. The second-order valence-electron chi connectivity index (χ2n) is 7.34. The van der Waals surface area contributed by atoms with Gasteiger partial charge in [-0.05, 0) is 63.4 Å². The number of carbonyl (C=O) groups excluding carboxylic acids is 3. The number of H-pyrrole nitrogens is 1. The van der Waals surface area contributed by atoms with Gasteiger partial charge in [-0.3, -0.25) is 9.59 Å². The number of aryl methyl sites for hydroxylation is 1. The first-order valence-electron chi connectivity index (χ1n) is 9.82. The van der Waals surface area contributed by atoms with E-state index in [-0.39, 0.29) is 18.3 Å². The number of Topliss-reactive ketones (excluding diaryl/α,β-unsaturated/α-hetero) is 1. The largest absolute Gasteiger partial charge is 0.462 e. The molecule has 7 nitrogen and oxygen atoms in total. The number of ketones is 1. The molecule has 1 aromatic carbocycles. The number of hydrogen-bond acceptors (Lipinski definition) is 5. The number of nitrogens with one attached hydrogen (secondary N) is 2. The smallest absolute Gasteiger partial charge is 0.340 e. The van der Waals surface area contributed by atoms with E-state index in [9.17, 15) is 14.4 Å². The summed E-state index contributed by atoms with van der Waals surface area (Å²) in [6, 6.07) is 5.27. The molecule has 1 amide bonds. The molecule has 2 aromatic rings. The lowest BCUT2D eigenvalue weighted by Gasteiger charge is -2.17. The van der Waals surface area contributed by atoms with Crippen molar-refractivity contribution in [2.45, 2.75) is 47.1 Å². The topological polar surface area (TPSA) is 91.5 Å². The van der Waals surface area contributed by atoms with Gasteiger partial charge in [0.2, 0.25) is 11.7 Å². The maximum absolute atomic E-state index is 13.0. The fourth-order valence-corrected chi connectivity index (χ4v) is 3.86. The number of carbonyl (C=O) groups is 3. The van der Waals surface area contributed by atoms with E-state index < -0.39 is 12.0 Å². The lowest BCUT2D eigenvalue weighted by atomic mass is 10.0. The van der Waals surface area contributed by atoms with E-state index in [0.717, 1.165) is 23.4 Å². The molecule has 0 saturated heterocycles. The van der Waals surface area contributed by atoms with Gasteiger partial charge in [0.1, 0.15) is 0 Å². The normalized spacial score (nSPS) is 13.8. The lowest BCUT2D eigenvalue weighted by Crippen LogP contribution is -2.27. The van der Waals surface area contributed by atoms with E-state index >= 15 is 0 Å². The standard InChI is InChI=1S/C22H27N3O4/c1-6-29-22(28)19-12(2)20(24-13(19)3)21(27)14(4)23-17-7-8-18-16(11-17)9-10-25(18)15(5)26/h7-8,11,14,23-24H,6,9-10H2,1-5H3. The van der Waals surface area contributed by atoms with Crippen LogP contribution in [0.5, 0.6) is 0 Å². The maximum Gasteiger partial charge on any atom is 0.340 e. The third-order valence-electron chi connectivity index (χ3n) is 5.30. The molecule has 7 heteroatoms. The van der Waals surface area contributed by atoms with Crippen LogP contribution in [0.3, 0.4) is 0 Å². The number of nitrogens with zero attached hydrogens (tertiary/aromatic N) is 1. The SMILES string of the molecule is CCOC(=O)c1c(C)[nH]c(C(=O)C(C)Nc2ccc3c(c2)CCN3C(C)=O)c1C. The van der Waals surface area contributed by atoms with Crippen molar-refractivity contribution in [3.63, 3.8) is 0 Å². The second kappa shape index (κ2) is 8.11. The Morgan fingerprint density at radius 3 is 2.66 bits per heavy atom. The number of amides is 1. The van der Waals surface area contributed by atoms with Crippen molar-refractivity contribution in [2.24, 2.45) is 0 Å². The Kier molecular flexibility index (Phi) is 5.77. The number of aromatic nitrogens is 1. The van der Waals surface area contributed by atoms with Crippen LogP contribution in [-0.2, 0) is 16.0 Å². The third-order valence-corrected chi connectivity index (χ3v) is 5.30. The molecule has 0 radical (unpaired) electrons. The molecule has 0 spiro atoms. The molecule has 1 aliphatic rings. The third kappa shape index (κ3) is 3.90. The predicted octanol–water partition coefficient (Wildman–Crippen LogP) is 3.40. The molecule has 1 atom stereocenters. The molecule has 1 unspecified atom stereocenters. The van der Waals surface area contributed by atoms with Gasteiger partial charge in [0, 0.05) is 30.5 Å². The molecule has 0 saturated carbocycles. The summed E-state index contributed by atoms with van der Waals surface area (Å²) in [6.07, 6.45) is 0.796. The minimum absolute atomic E-state index is 0.0306. The highest BCUT2D eigenvalue weighted by atomic mass is 16.5. The Labute approximate surface area is 170 Å². The van der Waals surface area contributed by atoms with Crippen LogP contribution in [0.2, 0.25) is 0 Å². The van der Waals surface area contributed by atoms with Crippen LogP contribution >= 0.6 is 0 Å². The zero-order valence-electron chi connectivity index (χ0n) is 17.5. The fourth-order valence-electron chi connectivity index (χ4n) is 3.86. The highest BCUT2D eigenvalue weighted by Gasteiger charge is 2.26. The molecule has 2 N–H and O–H groups in total. The molecule has 1 aromatic heterocycles. The van der Waals surface area contributed by atoms with Gasteiger partial charge < -0.3 is 19.9 Å². The van der Waals surface area contributed by atoms with Crippen molar-refractivity contribution < 1.29 is 19.1 Å². The Balaban J connectivity index is 1.78. The van der Waals surface area contributed by atoms with E-state index in [0.29, 0.717) is 29.1 Å². The van der Waals surface area contributed by atoms with Crippen LogP contribution < -0.4 is 10.2 Å². The molecular formula is C22H27N3O4. The fraction of sp³-hybridized carbons (Fsp3) is 0.409. The van der Waals surface area contributed by atoms with Gasteiger partial charge in [0.25, 0.3) is 0 Å². The van der Waals surface area contributed by atoms with Gasteiger partial charge in [0.05, 0.1) is 23.9 Å². The summed E-state index contributed by atoms with van der Waals surface area (Å²) < 4.78 is 5.09. The predicted molar refractivity (Wildman–Crippen MR) is 112 cm³/mol. The van der Waals surface area contributed by atoms with E-state index in [4.69, 9.17) is 4.74 Å². The zero-order valence-corrected chi connectivity index (χ0v) is 17.5. The van der Waals surface area contributed by atoms with Crippen LogP contribution in [-0.4, -0.2) is 41.8 Å². The summed E-state index contributed by atoms with van der Waals surface area (Å²) in [5.74, 6) is -0.526. The Morgan fingerprint density at radius 2 is 2.00 bits per heavy atom. The van der Waals surface area contributed by atoms with Crippen molar-refractivity contribution in [1.29, 1.82) is 0 Å². The molecule has 0 bridgehead atoms. The molecular weight excluding hydrogens is 370 g/mol. The summed E-state index contributed by atoms with van der Waals surface area (Å²) in [6.45, 7) is 9.57. The minimum Gasteiger partial charge on any atom is -0.462 e. The monoisotopic (exact) mass is 397 g/mol. The van der Waals surface area contributed by atoms with Crippen molar-refractivity contribution in [2.75, 3.05) is 23.4 Å². The Hall–Kier alpha value is -3.09. The van der Waals surface area contributed by atoms with Gasteiger partial charge >= 0.3 is 5.97 Å². The average Bonchev–Trinajstić information content (AvgIpc) is 3.21. The van der Waals surface area contributed by atoms with E-state index in [2.05, 4.69) is 10.3 Å². The summed E-state index contributed by atoms with van der Waals surface area (Å²) in [4.78, 5) is 41.7. The summed E-state index contributed by atoms with van der Waals surface area (Å²) in [7, 11) is 0. The number of rotatable bonds is 6. The highest BCUT2D eigenvalue weighted by Crippen LogP contribution is 2.31. The van der Waals surface area contributed by atoms with Crippen molar-refractivity contribution in [1.82, 2.24) is 4.98 Å². The van der Waals surface area contributed by atoms with E-state index in [1.165, 1.54) is 0 Å². The molecule has 1 aliphatic heterocycles. The average molecular weight is 397 g/mol. The van der Waals surface area contributed by atoms with Crippen molar-refractivity contribution in [3.8, 4) is 0 Å². The summed E-state index contributed by atoms with van der Waals surface area (Å²) >= 11 is 0. The molecule has 0 aliphatic carbocycles. The van der Waals surface area contributed by atoms with Crippen molar-refractivity contribution >= 4 is 29.0 Å². The first kappa shape index (κ1) is 20.6. The quantitative estimate of drug-likeness (QED) is 0.576.